The molecule has 0 saturated carbocycles. The van der Waals surface area contributed by atoms with Gasteiger partial charge in [0, 0.05) is 5.56 Å². The Kier molecular flexibility index (Phi) is 2.88. The zero-order valence-corrected chi connectivity index (χ0v) is 7.63. The van der Waals surface area contributed by atoms with Crippen LogP contribution in [0.1, 0.15) is 15.9 Å². The van der Waals surface area contributed by atoms with Crippen molar-refractivity contribution in [1.82, 2.24) is 0 Å². The summed E-state index contributed by atoms with van der Waals surface area (Å²) >= 11 is 0. The van der Waals surface area contributed by atoms with Crippen LogP contribution in [0.5, 0.6) is 11.5 Å². The molecule has 0 spiro atoms. The van der Waals surface area contributed by atoms with Crippen molar-refractivity contribution in [1.29, 1.82) is 0 Å². The van der Waals surface area contributed by atoms with Crippen LogP contribution in [0.25, 0.3) is 0 Å². The molecule has 0 aliphatic rings. The SMILES string of the molecule is COc1ccc(C=O)c(C(F)(F)F)c1O. The maximum atomic E-state index is 12.4. The van der Waals surface area contributed by atoms with Gasteiger partial charge in [-0.3, -0.25) is 4.79 Å². The molecule has 0 radical (unpaired) electrons. The average Bonchev–Trinajstić information content (AvgIpc) is 2.15. The standard InChI is InChI=1S/C9H7F3O3/c1-15-6-3-2-5(4-13)7(8(6)14)9(10,11)12/h2-4,14H,1H3. The lowest BCUT2D eigenvalue weighted by Gasteiger charge is -2.13. The summed E-state index contributed by atoms with van der Waals surface area (Å²) in [5.41, 5.74) is -2.00. The van der Waals surface area contributed by atoms with Crippen molar-refractivity contribution in [2.45, 2.75) is 6.18 Å². The number of benzene rings is 1. The lowest BCUT2D eigenvalue weighted by molar-refractivity contribution is -0.139. The highest BCUT2D eigenvalue weighted by Gasteiger charge is 2.38. The van der Waals surface area contributed by atoms with E-state index in [1.54, 1.807) is 0 Å². The minimum Gasteiger partial charge on any atom is -0.504 e. The van der Waals surface area contributed by atoms with Crippen molar-refractivity contribution in [3.63, 3.8) is 0 Å². The molecule has 0 saturated heterocycles. The van der Waals surface area contributed by atoms with Crippen LogP contribution in [0.3, 0.4) is 0 Å². The molecule has 6 heteroatoms. The second-order valence-electron chi connectivity index (χ2n) is 2.70. The first kappa shape index (κ1) is 11.4. The molecule has 1 aromatic rings. The van der Waals surface area contributed by atoms with Gasteiger partial charge in [-0.05, 0) is 12.1 Å². The lowest BCUT2D eigenvalue weighted by atomic mass is 10.1. The van der Waals surface area contributed by atoms with E-state index in [1.165, 1.54) is 0 Å². The van der Waals surface area contributed by atoms with Gasteiger partial charge in [0.2, 0.25) is 0 Å². The molecule has 0 aliphatic carbocycles. The summed E-state index contributed by atoms with van der Waals surface area (Å²) in [5, 5.41) is 9.23. The highest BCUT2D eigenvalue weighted by molar-refractivity contribution is 5.80. The Hall–Kier alpha value is -1.72. The molecular weight excluding hydrogens is 213 g/mol. The molecule has 82 valence electrons. The lowest BCUT2D eigenvalue weighted by Crippen LogP contribution is -2.09. The predicted octanol–water partition coefficient (Wildman–Crippen LogP) is 2.23. The number of aromatic hydroxyl groups is 1. The van der Waals surface area contributed by atoms with Gasteiger partial charge in [-0.2, -0.15) is 13.2 Å². The number of aldehydes is 1. The molecule has 0 heterocycles. The van der Waals surface area contributed by atoms with Crippen molar-refractivity contribution in [3.05, 3.63) is 23.3 Å². The largest absolute Gasteiger partial charge is 0.504 e. The fourth-order valence-electron chi connectivity index (χ4n) is 1.15. The molecule has 0 amide bonds. The fourth-order valence-corrected chi connectivity index (χ4v) is 1.15. The van der Waals surface area contributed by atoms with Crippen LogP contribution in [0.4, 0.5) is 13.2 Å². The fraction of sp³-hybridized carbons (Fsp3) is 0.222. The van der Waals surface area contributed by atoms with Gasteiger partial charge in [-0.25, -0.2) is 0 Å². The monoisotopic (exact) mass is 220 g/mol. The third-order valence-electron chi connectivity index (χ3n) is 1.80. The molecule has 3 nitrogen and oxygen atoms in total. The van der Waals surface area contributed by atoms with Gasteiger partial charge in [-0.1, -0.05) is 0 Å². The maximum Gasteiger partial charge on any atom is 0.420 e. The van der Waals surface area contributed by atoms with Gasteiger partial charge in [0.05, 0.1) is 7.11 Å². The van der Waals surface area contributed by atoms with E-state index in [4.69, 9.17) is 0 Å². The third-order valence-corrected chi connectivity index (χ3v) is 1.80. The van der Waals surface area contributed by atoms with Crippen molar-refractivity contribution in [2.75, 3.05) is 7.11 Å². The Balaban J connectivity index is 3.50. The number of methoxy groups -OCH3 is 1. The van der Waals surface area contributed by atoms with E-state index in [1.807, 2.05) is 0 Å². The van der Waals surface area contributed by atoms with Gasteiger partial charge in [-0.15, -0.1) is 0 Å². The zero-order chi connectivity index (χ0) is 11.6. The summed E-state index contributed by atoms with van der Waals surface area (Å²) in [6, 6.07) is 2.03. The molecule has 0 aliphatic heterocycles. The highest BCUT2D eigenvalue weighted by atomic mass is 19.4. The summed E-state index contributed by atoms with van der Waals surface area (Å²) in [6.07, 6.45) is -4.77. The summed E-state index contributed by atoms with van der Waals surface area (Å²) in [7, 11) is 1.12. The Bertz CT molecular complexity index is 385. The van der Waals surface area contributed by atoms with Crippen LogP contribution in [0.2, 0.25) is 0 Å². The highest BCUT2D eigenvalue weighted by Crippen LogP contribution is 2.42. The molecule has 0 aromatic heterocycles. The van der Waals surface area contributed by atoms with Crippen LogP contribution in [-0.4, -0.2) is 18.5 Å². The minimum absolute atomic E-state index is 0.0297. The minimum atomic E-state index is -4.80. The molecule has 0 bridgehead atoms. The number of hydrogen-bond acceptors (Lipinski definition) is 3. The summed E-state index contributed by atoms with van der Waals surface area (Å²) in [4.78, 5) is 10.4. The first-order valence-corrected chi connectivity index (χ1v) is 3.84. The second kappa shape index (κ2) is 3.80. The maximum absolute atomic E-state index is 12.4. The van der Waals surface area contributed by atoms with E-state index in [0.29, 0.717) is 0 Å². The zero-order valence-electron chi connectivity index (χ0n) is 7.63. The number of phenols is 1. The van der Waals surface area contributed by atoms with Crippen molar-refractivity contribution < 1.29 is 27.8 Å². The van der Waals surface area contributed by atoms with E-state index < -0.39 is 23.1 Å². The molecule has 1 aromatic carbocycles. The van der Waals surface area contributed by atoms with Crippen molar-refractivity contribution in [2.24, 2.45) is 0 Å². The molecule has 0 fully saturated rings. The number of alkyl halides is 3. The Morgan fingerprint density at radius 2 is 2.00 bits per heavy atom. The normalized spacial score (nSPS) is 11.2. The number of rotatable bonds is 2. The van der Waals surface area contributed by atoms with E-state index >= 15 is 0 Å². The van der Waals surface area contributed by atoms with E-state index in [2.05, 4.69) is 4.74 Å². The van der Waals surface area contributed by atoms with Gasteiger partial charge in [0.25, 0.3) is 0 Å². The van der Waals surface area contributed by atoms with Crippen LogP contribution in [0.15, 0.2) is 12.1 Å². The van der Waals surface area contributed by atoms with Crippen molar-refractivity contribution in [3.8, 4) is 11.5 Å². The van der Waals surface area contributed by atoms with Gasteiger partial charge in [0.1, 0.15) is 5.56 Å². The number of carbonyl (C=O) groups excluding carboxylic acids is 1. The van der Waals surface area contributed by atoms with Gasteiger partial charge in [0.15, 0.2) is 17.8 Å². The quantitative estimate of drug-likeness (QED) is 0.777. The Morgan fingerprint density at radius 3 is 2.40 bits per heavy atom. The Labute approximate surface area is 83.1 Å². The summed E-state index contributed by atoms with van der Waals surface area (Å²) in [6.45, 7) is 0. The first-order chi connectivity index (χ1) is 6.91. The first-order valence-electron chi connectivity index (χ1n) is 3.84. The van der Waals surface area contributed by atoms with Crippen LogP contribution < -0.4 is 4.74 Å². The number of ether oxygens (including phenoxy) is 1. The molecule has 1 rings (SSSR count). The van der Waals surface area contributed by atoms with Crippen LogP contribution in [0, 0.1) is 0 Å². The predicted molar refractivity (Wildman–Crippen MR) is 45.0 cm³/mol. The van der Waals surface area contributed by atoms with Gasteiger partial charge < -0.3 is 9.84 Å². The number of halogens is 3. The molecule has 0 unspecified atom stereocenters. The second-order valence-corrected chi connectivity index (χ2v) is 2.70. The number of phenolic OH excluding ortho intramolecular Hbond substituents is 1. The van der Waals surface area contributed by atoms with E-state index in [9.17, 15) is 23.1 Å². The number of hydrogen-bond donors (Lipinski definition) is 1. The summed E-state index contributed by atoms with van der Waals surface area (Å²) < 4.78 is 41.8. The molecular formula is C9H7F3O3. The smallest absolute Gasteiger partial charge is 0.420 e. The number of carbonyl (C=O) groups is 1. The van der Waals surface area contributed by atoms with Gasteiger partial charge >= 0.3 is 6.18 Å². The van der Waals surface area contributed by atoms with Crippen molar-refractivity contribution >= 4 is 6.29 Å². The molecule has 1 N–H and O–H groups in total. The van der Waals surface area contributed by atoms with Crippen LogP contribution in [-0.2, 0) is 6.18 Å². The summed E-state index contributed by atoms with van der Waals surface area (Å²) in [5.74, 6) is -1.40. The molecule has 0 atom stereocenters. The van der Waals surface area contributed by atoms with E-state index in [0.717, 1.165) is 19.2 Å². The Morgan fingerprint density at radius 1 is 1.40 bits per heavy atom. The topological polar surface area (TPSA) is 46.5 Å². The molecule has 15 heavy (non-hydrogen) atoms. The van der Waals surface area contributed by atoms with Crippen LogP contribution >= 0.6 is 0 Å². The average molecular weight is 220 g/mol. The third kappa shape index (κ3) is 2.03. The van der Waals surface area contributed by atoms with E-state index in [-0.39, 0.29) is 12.0 Å².